The van der Waals surface area contributed by atoms with Crippen molar-refractivity contribution in [2.45, 2.75) is 25.4 Å². The molecule has 0 aliphatic carbocycles. The summed E-state index contributed by atoms with van der Waals surface area (Å²) in [5.41, 5.74) is 5.48. The van der Waals surface area contributed by atoms with E-state index in [4.69, 9.17) is 15.2 Å². The average molecular weight is 679 g/mol. The third kappa shape index (κ3) is 10.1. The molecule has 4 aromatic rings. The Hall–Kier alpha value is -5.80. The quantitative estimate of drug-likeness (QED) is 0.0766. The maximum absolute atomic E-state index is 12.5. The summed E-state index contributed by atoms with van der Waals surface area (Å²) in [6.45, 7) is 0.0533. The van der Waals surface area contributed by atoms with E-state index in [0.717, 1.165) is 30.3 Å². The number of halogens is 6. The van der Waals surface area contributed by atoms with Crippen molar-refractivity contribution in [1.29, 1.82) is 0 Å². The SMILES string of the molecule is COc1ccc(N)cc1C(=O)NCc1ccc(C(F)(F)F)cc1.COc1ccc([N+](=O)[O-])cc1C(=O)NCc1ccc(C(F)(F)F)cc1. The first-order valence-corrected chi connectivity index (χ1v) is 13.7. The van der Waals surface area contributed by atoms with Crippen LogP contribution in [0.15, 0.2) is 84.9 Å². The smallest absolute Gasteiger partial charge is 0.416 e. The van der Waals surface area contributed by atoms with Crippen LogP contribution in [0.2, 0.25) is 0 Å². The van der Waals surface area contributed by atoms with E-state index in [1.54, 1.807) is 12.1 Å². The zero-order valence-corrected chi connectivity index (χ0v) is 25.2. The Kier molecular flexibility index (Phi) is 12.0. The van der Waals surface area contributed by atoms with Crippen molar-refractivity contribution in [1.82, 2.24) is 10.6 Å². The van der Waals surface area contributed by atoms with Crippen LogP contribution in [0.4, 0.5) is 37.7 Å². The summed E-state index contributed by atoms with van der Waals surface area (Å²) in [4.78, 5) is 34.5. The molecule has 2 amide bonds. The Morgan fingerprint density at radius 3 is 1.46 bits per heavy atom. The van der Waals surface area contributed by atoms with Gasteiger partial charge in [0, 0.05) is 30.9 Å². The number of amides is 2. The van der Waals surface area contributed by atoms with Crippen LogP contribution in [0.3, 0.4) is 0 Å². The number of methoxy groups -OCH3 is 2. The zero-order valence-electron chi connectivity index (χ0n) is 25.2. The first-order valence-electron chi connectivity index (χ1n) is 13.7. The minimum Gasteiger partial charge on any atom is -0.496 e. The van der Waals surface area contributed by atoms with Crippen LogP contribution >= 0.6 is 0 Å². The number of nitrogen functional groups attached to an aromatic ring is 1. The van der Waals surface area contributed by atoms with Gasteiger partial charge in [0.2, 0.25) is 0 Å². The molecular formula is C32H28F6N4O6. The van der Waals surface area contributed by atoms with Gasteiger partial charge >= 0.3 is 12.4 Å². The number of benzene rings is 4. The van der Waals surface area contributed by atoms with Crippen molar-refractivity contribution in [3.8, 4) is 11.5 Å². The van der Waals surface area contributed by atoms with Gasteiger partial charge in [-0.2, -0.15) is 26.3 Å². The second kappa shape index (κ2) is 15.7. The lowest BCUT2D eigenvalue weighted by atomic mass is 10.1. The highest BCUT2D eigenvalue weighted by molar-refractivity contribution is 5.98. The van der Waals surface area contributed by atoms with Crippen molar-refractivity contribution in [3.63, 3.8) is 0 Å². The molecule has 0 aliphatic heterocycles. The average Bonchev–Trinajstić information content (AvgIpc) is 3.05. The number of nitro benzene ring substituents is 1. The van der Waals surface area contributed by atoms with Crippen LogP contribution in [0.5, 0.6) is 11.5 Å². The number of non-ortho nitro benzene ring substituents is 1. The van der Waals surface area contributed by atoms with E-state index >= 15 is 0 Å². The van der Waals surface area contributed by atoms with Crippen LogP contribution in [0.25, 0.3) is 0 Å². The van der Waals surface area contributed by atoms with Gasteiger partial charge in [-0.3, -0.25) is 19.7 Å². The van der Waals surface area contributed by atoms with E-state index in [-0.39, 0.29) is 35.7 Å². The largest absolute Gasteiger partial charge is 0.496 e. The molecule has 0 radical (unpaired) electrons. The number of rotatable bonds is 9. The predicted molar refractivity (Wildman–Crippen MR) is 162 cm³/mol. The number of ether oxygens (including phenoxy) is 2. The van der Waals surface area contributed by atoms with Crippen LogP contribution in [0, 0.1) is 10.1 Å². The van der Waals surface area contributed by atoms with E-state index in [9.17, 15) is 46.0 Å². The molecule has 0 unspecified atom stereocenters. The lowest BCUT2D eigenvalue weighted by Crippen LogP contribution is -2.23. The van der Waals surface area contributed by atoms with Gasteiger partial charge in [-0.1, -0.05) is 24.3 Å². The minimum absolute atomic E-state index is 0.0383. The Morgan fingerprint density at radius 1 is 0.688 bits per heavy atom. The lowest BCUT2D eigenvalue weighted by molar-refractivity contribution is -0.384. The summed E-state index contributed by atoms with van der Waals surface area (Å²) in [5, 5.41) is 15.9. The second-order valence-corrected chi connectivity index (χ2v) is 9.86. The summed E-state index contributed by atoms with van der Waals surface area (Å²) in [5.74, 6) is -0.547. The molecule has 0 saturated carbocycles. The van der Waals surface area contributed by atoms with Crippen molar-refractivity contribution in [2.24, 2.45) is 0 Å². The second-order valence-electron chi connectivity index (χ2n) is 9.86. The number of nitrogens with two attached hydrogens (primary N) is 1. The Bertz CT molecular complexity index is 1740. The van der Waals surface area contributed by atoms with Gasteiger partial charge in [0.15, 0.2) is 0 Å². The topological polar surface area (TPSA) is 146 Å². The molecule has 0 saturated heterocycles. The fourth-order valence-corrected chi connectivity index (χ4v) is 4.07. The molecule has 254 valence electrons. The zero-order chi connectivity index (χ0) is 35.6. The molecule has 4 N–H and O–H groups in total. The number of carbonyl (C=O) groups is 2. The first kappa shape index (κ1) is 36.7. The van der Waals surface area contributed by atoms with Crippen molar-refractivity contribution >= 4 is 23.2 Å². The highest BCUT2D eigenvalue weighted by atomic mass is 19.4. The third-order valence-corrected chi connectivity index (χ3v) is 6.58. The van der Waals surface area contributed by atoms with E-state index in [0.29, 0.717) is 22.6 Å². The molecule has 0 fully saturated rings. The molecule has 0 spiro atoms. The molecular weight excluding hydrogens is 650 g/mol. The first-order chi connectivity index (χ1) is 22.5. The van der Waals surface area contributed by atoms with Gasteiger partial charge in [-0.15, -0.1) is 0 Å². The molecule has 4 aromatic carbocycles. The maximum atomic E-state index is 12.5. The monoisotopic (exact) mass is 678 g/mol. The highest BCUT2D eigenvalue weighted by Gasteiger charge is 2.30. The van der Waals surface area contributed by atoms with Gasteiger partial charge in [-0.25, -0.2) is 0 Å². The fraction of sp³-hybridized carbons (Fsp3) is 0.188. The van der Waals surface area contributed by atoms with Crippen LogP contribution < -0.4 is 25.8 Å². The number of alkyl halides is 6. The molecule has 48 heavy (non-hydrogen) atoms. The molecule has 0 aliphatic rings. The third-order valence-electron chi connectivity index (χ3n) is 6.58. The normalized spacial score (nSPS) is 11.1. The van der Waals surface area contributed by atoms with E-state index in [2.05, 4.69) is 10.6 Å². The summed E-state index contributed by atoms with van der Waals surface area (Å²) in [6.07, 6.45) is -8.81. The molecule has 0 atom stereocenters. The molecule has 10 nitrogen and oxygen atoms in total. The number of nitrogens with zero attached hydrogens (tertiary/aromatic N) is 1. The predicted octanol–water partition coefficient (Wildman–Crippen LogP) is 6.78. The van der Waals surface area contributed by atoms with E-state index in [1.165, 1.54) is 56.7 Å². The molecule has 16 heteroatoms. The number of carbonyl (C=O) groups excluding carboxylic acids is 2. The van der Waals surface area contributed by atoms with E-state index < -0.39 is 40.2 Å². The van der Waals surface area contributed by atoms with Gasteiger partial charge in [-0.05, 0) is 59.7 Å². The van der Waals surface area contributed by atoms with E-state index in [1.807, 2.05) is 0 Å². The van der Waals surface area contributed by atoms with Crippen LogP contribution in [-0.2, 0) is 25.4 Å². The highest BCUT2D eigenvalue weighted by Crippen LogP contribution is 2.30. The number of anilines is 1. The van der Waals surface area contributed by atoms with Crippen molar-refractivity contribution in [2.75, 3.05) is 20.0 Å². The van der Waals surface area contributed by atoms with Crippen molar-refractivity contribution < 1.29 is 50.3 Å². The van der Waals surface area contributed by atoms with Crippen molar-refractivity contribution in [3.05, 3.63) is 128 Å². The minimum atomic E-state index is -4.43. The summed E-state index contributed by atoms with van der Waals surface area (Å²) >= 11 is 0. The Morgan fingerprint density at radius 2 is 1.08 bits per heavy atom. The maximum Gasteiger partial charge on any atom is 0.416 e. The molecule has 0 bridgehead atoms. The number of hydrogen-bond donors (Lipinski definition) is 3. The van der Waals surface area contributed by atoms with Gasteiger partial charge in [0.25, 0.3) is 17.5 Å². The Labute approximate surface area is 269 Å². The number of nitrogens with one attached hydrogen (secondary N) is 2. The molecule has 4 rings (SSSR count). The number of hydrogen-bond acceptors (Lipinski definition) is 7. The summed E-state index contributed by atoms with van der Waals surface area (Å²) in [7, 11) is 2.74. The fourth-order valence-electron chi connectivity index (χ4n) is 4.07. The number of nitro groups is 1. The summed E-state index contributed by atoms with van der Waals surface area (Å²) < 4.78 is 85.0. The summed E-state index contributed by atoms with van der Waals surface area (Å²) in [6, 6.07) is 17.1. The Balaban J connectivity index is 0.000000261. The van der Waals surface area contributed by atoms with Gasteiger partial charge < -0.3 is 25.8 Å². The lowest BCUT2D eigenvalue weighted by Gasteiger charge is -2.11. The standard InChI is InChI=1S/C16H13F3N2O4.C16H15F3N2O2/c1-25-14-7-6-12(21(23)24)8-13(14)15(22)20-9-10-2-4-11(5-3-10)16(17,18)19;1-23-14-7-6-12(20)8-13(14)15(22)21-9-10-2-4-11(5-3-10)16(17,18)19/h2-8H,9H2,1H3,(H,20,22);2-8H,9,20H2,1H3,(H,21,22). The molecule has 0 aromatic heterocycles. The van der Waals surface area contributed by atoms with Crippen LogP contribution in [-0.4, -0.2) is 31.0 Å². The van der Waals surface area contributed by atoms with Gasteiger partial charge in [0.05, 0.1) is 41.4 Å². The van der Waals surface area contributed by atoms with Gasteiger partial charge in [0.1, 0.15) is 11.5 Å². The van der Waals surface area contributed by atoms with Crippen LogP contribution in [0.1, 0.15) is 43.0 Å². The molecule has 0 heterocycles.